The molecule has 0 bridgehead atoms. The fourth-order valence-electron chi connectivity index (χ4n) is 1.98. The Morgan fingerprint density at radius 1 is 1.26 bits per heavy atom. The Kier molecular flexibility index (Phi) is 3.09. The SMILES string of the molecule is CC(C)[C@]1(C)NC(=C2C=CC=CC2=[N+]([O-])[O-])NC1=O. The minimum Gasteiger partial charge on any atom is -0.612 e. The molecule has 6 heteroatoms. The van der Waals surface area contributed by atoms with Crippen molar-refractivity contribution in [2.24, 2.45) is 5.92 Å². The standard InChI is InChI=1S/C13H16N3O3/c1-8(2)13(3)12(17)14-11(15-13)9-6-4-5-7-10(9)16(18)19/h4-8,15H,1-3H3,(H-,14,17,18,19)/q-1/t13-/m0/s1. The number of hydrogen-bond acceptors (Lipinski definition) is 4. The second-order valence-electron chi connectivity index (χ2n) is 5.09. The zero-order valence-electron chi connectivity index (χ0n) is 11.1. The van der Waals surface area contributed by atoms with Gasteiger partial charge < -0.3 is 21.0 Å². The Morgan fingerprint density at radius 2 is 1.89 bits per heavy atom. The van der Waals surface area contributed by atoms with Crippen molar-refractivity contribution in [3.05, 3.63) is 46.1 Å². The first kappa shape index (κ1) is 13.2. The van der Waals surface area contributed by atoms with Crippen LogP contribution in [0.3, 0.4) is 0 Å². The molecule has 0 aromatic carbocycles. The lowest BCUT2D eigenvalue weighted by atomic mass is 9.89. The minimum absolute atomic E-state index is 0.0293. The van der Waals surface area contributed by atoms with Gasteiger partial charge in [0, 0.05) is 6.08 Å². The summed E-state index contributed by atoms with van der Waals surface area (Å²) in [5.74, 6) is 0.289. The lowest BCUT2D eigenvalue weighted by molar-refractivity contribution is -0.377. The summed E-state index contributed by atoms with van der Waals surface area (Å²) in [6.45, 7) is 5.64. The lowest BCUT2D eigenvalue weighted by Crippen LogP contribution is -2.47. The Labute approximate surface area is 111 Å². The van der Waals surface area contributed by atoms with E-state index in [-0.39, 0.29) is 17.5 Å². The molecule has 0 spiro atoms. The van der Waals surface area contributed by atoms with Crippen molar-refractivity contribution >= 4 is 11.6 Å². The summed E-state index contributed by atoms with van der Waals surface area (Å²) in [5.41, 5.74) is -0.387. The van der Waals surface area contributed by atoms with Crippen molar-refractivity contribution in [1.29, 1.82) is 0 Å². The largest absolute Gasteiger partial charge is 0.612 e. The highest BCUT2D eigenvalue weighted by Crippen LogP contribution is 2.25. The van der Waals surface area contributed by atoms with E-state index in [1.807, 2.05) is 13.8 Å². The predicted octanol–water partition coefficient (Wildman–Crippen LogP) is 0.907. The molecule has 1 fully saturated rings. The smallest absolute Gasteiger partial charge is 0.251 e. The van der Waals surface area contributed by atoms with Gasteiger partial charge in [-0.05, 0) is 18.9 Å². The molecule has 2 rings (SSSR count). The highest BCUT2D eigenvalue weighted by atomic mass is 16.8. The number of nitrogens with zero attached hydrogens (tertiary/aromatic N) is 1. The molecular formula is C13H16N3O3-. The van der Waals surface area contributed by atoms with Crippen LogP contribution in [0.1, 0.15) is 20.8 Å². The van der Waals surface area contributed by atoms with Crippen molar-refractivity contribution in [1.82, 2.24) is 10.6 Å². The highest BCUT2D eigenvalue weighted by molar-refractivity contribution is 6.09. The van der Waals surface area contributed by atoms with Crippen LogP contribution in [0.4, 0.5) is 0 Å². The molecule has 1 aliphatic heterocycles. The van der Waals surface area contributed by atoms with E-state index in [4.69, 9.17) is 0 Å². The van der Waals surface area contributed by atoms with E-state index < -0.39 is 10.4 Å². The maximum atomic E-state index is 12.0. The summed E-state index contributed by atoms with van der Waals surface area (Å²) in [6.07, 6.45) is 6.34. The van der Waals surface area contributed by atoms with E-state index in [9.17, 15) is 15.2 Å². The van der Waals surface area contributed by atoms with Gasteiger partial charge in [0.2, 0.25) is 5.71 Å². The highest BCUT2D eigenvalue weighted by Gasteiger charge is 2.43. The van der Waals surface area contributed by atoms with E-state index in [1.165, 1.54) is 6.08 Å². The third-order valence-corrected chi connectivity index (χ3v) is 3.62. The van der Waals surface area contributed by atoms with Crippen molar-refractivity contribution in [3.63, 3.8) is 0 Å². The van der Waals surface area contributed by atoms with Crippen LogP contribution >= 0.6 is 0 Å². The average molecular weight is 262 g/mol. The fraction of sp³-hybridized carbons (Fsp3) is 0.385. The van der Waals surface area contributed by atoms with Crippen LogP contribution in [0.25, 0.3) is 0 Å². The number of allylic oxidation sites excluding steroid dienone is 5. The van der Waals surface area contributed by atoms with Gasteiger partial charge in [-0.2, -0.15) is 4.90 Å². The van der Waals surface area contributed by atoms with Crippen molar-refractivity contribution < 1.29 is 9.70 Å². The van der Waals surface area contributed by atoms with Gasteiger partial charge in [0.1, 0.15) is 11.4 Å². The van der Waals surface area contributed by atoms with Crippen LogP contribution in [0.15, 0.2) is 35.7 Å². The normalized spacial score (nSPS) is 29.7. The van der Waals surface area contributed by atoms with E-state index >= 15 is 0 Å². The zero-order chi connectivity index (χ0) is 14.2. The number of hydrogen-bond donors (Lipinski definition) is 2. The van der Waals surface area contributed by atoms with Crippen LogP contribution in [-0.2, 0) is 4.79 Å². The van der Waals surface area contributed by atoms with Crippen molar-refractivity contribution in [2.45, 2.75) is 26.3 Å². The molecule has 2 N–H and O–H groups in total. The summed E-state index contributed by atoms with van der Waals surface area (Å²) in [7, 11) is 0. The Hall–Kier alpha value is -2.24. The minimum atomic E-state index is -0.751. The quantitative estimate of drug-likeness (QED) is 0.543. The maximum absolute atomic E-state index is 12.0. The topological polar surface area (TPSA) is 90.3 Å². The number of amides is 1. The van der Waals surface area contributed by atoms with Gasteiger partial charge in [-0.15, -0.1) is 0 Å². The van der Waals surface area contributed by atoms with Gasteiger partial charge in [-0.3, -0.25) is 4.79 Å². The molecule has 1 amide bonds. The molecule has 1 atom stereocenters. The summed E-state index contributed by atoms with van der Waals surface area (Å²) < 4.78 is 0. The molecule has 0 aromatic heterocycles. The number of nitrogens with one attached hydrogen (secondary N) is 2. The van der Waals surface area contributed by atoms with E-state index in [0.29, 0.717) is 11.4 Å². The Balaban J connectivity index is 2.46. The number of rotatable bonds is 1. The first-order valence-corrected chi connectivity index (χ1v) is 6.06. The van der Waals surface area contributed by atoms with Gasteiger partial charge in [-0.1, -0.05) is 26.0 Å². The molecule has 2 aliphatic rings. The fourth-order valence-corrected chi connectivity index (χ4v) is 1.98. The van der Waals surface area contributed by atoms with Crippen LogP contribution in [0.2, 0.25) is 0 Å². The first-order valence-electron chi connectivity index (χ1n) is 6.06. The molecule has 1 aliphatic carbocycles. The van der Waals surface area contributed by atoms with Crippen molar-refractivity contribution in [2.75, 3.05) is 0 Å². The molecule has 102 valence electrons. The summed E-state index contributed by atoms with van der Waals surface area (Å²) >= 11 is 0. The average Bonchev–Trinajstić information content (AvgIpc) is 2.67. The molecule has 1 heterocycles. The molecule has 19 heavy (non-hydrogen) atoms. The summed E-state index contributed by atoms with van der Waals surface area (Å²) in [6, 6.07) is 0. The van der Waals surface area contributed by atoms with E-state index in [2.05, 4.69) is 10.6 Å². The van der Waals surface area contributed by atoms with Gasteiger partial charge in [0.25, 0.3) is 5.91 Å². The molecule has 0 saturated carbocycles. The second kappa shape index (κ2) is 4.46. The van der Waals surface area contributed by atoms with Gasteiger partial charge in [0.15, 0.2) is 0 Å². The van der Waals surface area contributed by atoms with Crippen LogP contribution in [0.5, 0.6) is 0 Å². The molecule has 0 aromatic rings. The van der Waals surface area contributed by atoms with E-state index in [1.54, 1.807) is 25.2 Å². The first-order chi connectivity index (χ1) is 8.86. The molecule has 0 unspecified atom stereocenters. The predicted molar refractivity (Wildman–Crippen MR) is 71.8 cm³/mol. The van der Waals surface area contributed by atoms with Gasteiger partial charge >= 0.3 is 0 Å². The van der Waals surface area contributed by atoms with Crippen LogP contribution < -0.4 is 10.6 Å². The molecular weight excluding hydrogens is 246 g/mol. The van der Waals surface area contributed by atoms with Gasteiger partial charge in [0.05, 0.1) is 5.57 Å². The number of carbonyl (C=O) groups is 1. The Morgan fingerprint density at radius 3 is 2.42 bits per heavy atom. The van der Waals surface area contributed by atoms with Crippen LogP contribution in [-0.4, -0.2) is 22.1 Å². The zero-order valence-corrected chi connectivity index (χ0v) is 11.1. The number of carbonyl (C=O) groups excluding carboxylic acids is 1. The molecule has 6 nitrogen and oxygen atoms in total. The third-order valence-electron chi connectivity index (χ3n) is 3.62. The van der Waals surface area contributed by atoms with Crippen LogP contribution in [0, 0.1) is 16.3 Å². The summed E-state index contributed by atoms with van der Waals surface area (Å²) in [4.78, 5) is 11.6. The third kappa shape index (κ3) is 2.09. The molecule has 0 radical (unpaired) electrons. The maximum Gasteiger partial charge on any atom is 0.251 e. The van der Waals surface area contributed by atoms with E-state index in [0.717, 1.165) is 0 Å². The lowest BCUT2D eigenvalue weighted by Gasteiger charge is -2.26. The van der Waals surface area contributed by atoms with Gasteiger partial charge in [-0.25, -0.2) is 0 Å². The monoisotopic (exact) mass is 262 g/mol. The second-order valence-corrected chi connectivity index (χ2v) is 5.09. The summed E-state index contributed by atoms with van der Waals surface area (Å²) in [5, 5.41) is 27.8. The molecule has 1 saturated heterocycles. The van der Waals surface area contributed by atoms with Crippen molar-refractivity contribution in [3.8, 4) is 0 Å². The Bertz CT molecular complexity index is 539.